The van der Waals surface area contributed by atoms with Crippen molar-refractivity contribution in [3.8, 4) is 0 Å². The minimum atomic E-state index is 0. The van der Waals surface area contributed by atoms with Crippen molar-refractivity contribution in [1.29, 1.82) is 0 Å². The first-order valence-electron chi connectivity index (χ1n) is 5.36. The van der Waals surface area contributed by atoms with Gasteiger partial charge in [0.05, 0.1) is 0 Å². The van der Waals surface area contributed by atoms with Crippen molar-refractivity contribution in [2.75, 3.05) is 13.2 Å². The normalized spacial score (nSPS) is 18.9. The number of rotatable bonds is 2. The van der Waals surface area contributed by atoms with Crippen LogP contribution < -0.4 is 5.73 Å². The Morgan fingerprint density at radius 2 is 2.00 bits per heavy atom. The lowest BCUT2D eigenvalue weighted by Crippen LogP contribution is -2.27. The van der Waals surface area contributed by atoms with E-state index in [1.54, 1.807) is 0 Å². The van der Waals surface area contributed by atoms with Gasteiger partial charge in [-0.25, -0.2) is 0 Å². The lowest BCUT2D eigenvalue weighted by Gasteiger charge is -2.27. The third kappa shape index (κ3) is 3.36. The third-order valence-corrected chi connectivity index (χ3v) is 3.24. The summed E-state index contributed by atoms with van der Waals surface area (Å²) in [6, 6.07) is 7.93. The van der Waals surface area contributed by atoms with Crippen molar-refractivity contribution in [2.24, 2.45) is 11.7 Å². The molecule has 1 aromatic rings. The number of ether oxygens (including phenoxy) is 1. The van der Waals surface area contributed by atoms with Crippen LogP contribution in [0.25, 0.3) is 0 Å². The quantitative estimate of drug-likeness (QED) is 0.888. The van der Waals surface area contributed by atoms with Gasteiger partial charge in [-0.3, -0.25) is 0 Å². The fourth-order valence-electron chi connectivity index (χ4n) is 2.06. The molecular formula is C12H17Cl2NO. The zero-order valence-corrected chi connectivity index (χ0v) is 10.6. The molecule has 2 rings (SSSR count). The van der Waals surface area contributed by atoms with Crippen LogP contribution in [0.1, 0.15) is 24.4 Å². The molecule has 0 bridgehead atoms. The van der Waals surface area contributed by atoms with Crippen LogP contribution in [0, 0.1) is 5.92 Å². The molecule has 90 valence electrons. The minimum absolute atomic E-state index is 0. The molecule has 1 aromatic carbocycles. The second-order valence-corrected chi connectivity index (χ2v) is 4.47. The van der Waals surface area contributed by atoms with E-state index in [0.29, 0.717) is 5.92 Å². The lowest BCUT2D eigenvalue weighted by atomic mass is 9.88. The molecule has 0 saturated carbocycles. The highest BCUT2D eigenvalue weighted by Crippen LogP contribution is 2.28. The molecule has 1 aliphatic heterocycles. The second-order valence-electron chi connectivity index (χ2n) is 4.03. The molecule has 1 fully saturated rings. The standard InChI is InChI=1S/C12H16ClNO.ClH/c13-11-3-1-2-10(8-11)12(14)9-4-6-15-7-5-9;/h1-3,8-9,12H,4-7,14H2;1H/t12-;/m1./s1. The summed E-state index contributed by atoms with van der Waals surface area (Å²) < 4.78 is 5.33. The molecule has 2 N–H and O–H groups in total. The van der Waals surface area contributed by atoms with Gasteiger partial charge in [0.25, 0.3) is 0 Å². The molecule has 1 atom stereocenters. The van der Waals surface area contributed by atoms with Gasteiger partial charge in [0, 0.05) is 24.3 Å². The van der Waals surface area contributed by atoms with Crippen molar-refractivity contribution >= 4 is 24.0 Å². The minimum Gasteiger partial charge on any atom is -0.381 e. The average Bonchev–Trinajstić information content (AvgIpc) is 2.29. The van der Waals surface area contributed by atoms with Gasteiger partial charge in [0.15, 0.2) is 0 Å². The first-order chi connectivity index (χ1) is 7.27. The van der Waals surface area contributed by atoms with Crippen LogP contribution in [0.4, 0.5) is 0 Å². The first-order valence-corrected chi connectivity index (χ1v) is 5.74. The Labute approximate surface area is 108 Å². The van der Waals surface area contributed by atoms with Gasteiger partial charge in [0.2, 0.25) is 0 Å². The van der Waals surface area contributed by atoms with E-state index >= 15 is 0 Å². The van der Waals surface area contributed by atoms with Gasteiger partial charge >= 0.3 is 0 Å². The summed E-state index contributed by atoms with van der Waals surface area (Å²) in [4.78, 5) is 0. The van der Waals surface area contributed by atoms with Crippen molar-refractivity contribution in [2.45, 2.75) is 18.9 Å². The fourth-order valence-corrected chi connectivity index (χ4v) is 2.26. The van der Waals surface area contributed by atoms with Crippen LogP contribution in [-0.2, 0) is 4.74 Å². The molecule has 1 aliphatic rings. The van der Waals surface area contributed by atoms with E-state index in [-0.39, 0.29) is 18.4 Å². The summed E-state index contributed by atoms with van der Waals surface area (Å²) in [7, 11) is 0. The van der Waals surface area contributed by atoms with Crippen LogP contribution in [0.15, 0.2) is 24.3 Å². The molecule has 0 aromatic heterocycles. The molecular weight excluding hydrogens is 245 g/mol. The summed E-state index contributed by atoms with van der Waals surface area (Å²) in [5, 5.41) is 0.759. The highest BCUT2D eigenvalue weighted by molar-refractivity contribution is 6.30. The Balaban J connectivity index is 0.00000128. The predicted molar refractivity (Wildman–Crippen MR) is 69.2 cm³/mol. The van der Waals surface area contributed by atoms with Gasteiger partial charge < -0.3 is 10.5 Å². The molecule has 0 unspecified atom stereocenters. The maximum atomic E-state index is 6.22. The van der Waals surface area contributed by atoms with Gasteiger partial charge in [-0.15, -0.1) is 12.4 Å². The summed E-state index contributed by atoms with van der Waals surface area (Å²) in [5.74, 6) is 0.525. The number of benzene rings is 1. The van der Waals surface area contributed by atoms with Crippen LogP contribution in [0.3, 0.4) is 0 Å². The van der Waals surface area contributed by atoms with Crippen LogP contribution in [0.5, 0.6) is 0 Å². The lowest BCUT2D eigenvalue weighted by molar-refractivity contribution is 0.0584. The number of nitrogens with two attached hydrogens (primary N) is 1. The number of halogens is 2. The highest BCUT2D eigenvalue weighted by Gasteiger charge is 2.22. The summed E-state index contributed by atoms with van der Waals surface area (Å²) in [6.45, 7) is 1.66. The number of hydrogen-bond donors (Lipinski definition) is 1. The summed E-state index contributed by atoms with van der Waals surface area (Å²) in [5.41, 5.74) is 7.36. The van der Waals surface area contributed by atoms with E-state index in [1.165, 1.54) is 0 Å². The second kappa shape index (κ2) is 6.45. The Bertz CT molecular complexity index is 327. The molecule has 0 spiro atoms. The Hall–Kier alpha value is -0.280. The monoisotopic (exact) mass is 261 g/mol. The predicted octanol–water partition coefficient (Wildman–Crippen LogP) is 3.19. The maximum absolute atomic E-state index is 6.22. The van der Waals surface area contributed by atoms with Crippen LogP contribution in [-0.4, -0.2) is 13.2 Å². The molecule has 1 heterocycles. The van der Waals surface area contributed by atoms with E-state index in [0.717, 1.165) is 36.6 Å². The molecule has 16 heavy (non-hydrogen) atoms. The van der Waals surface area contributed by atoms with Crippen molar-refractivity contribution in [3.05, 3.63) is 34.9 Å². The van der Waals surface area contributed by atoms with E-state index in [1.807, 2.05) is 24.3 Å². The highest BCUT2D eigenvalue weighted by atomic mass is 35.5. The summed E-state index contributed by atoms with van der Waals surface area (Å²) in [6.07, 6.45) is 2.10. The molecule has 0 aliphatic carbocycles. The summed E-state index contributed by atoms with van der Waals surface area (Å²) >= 11 is 5.95. The van der Waals surface area contributed by atoms with E-state index < -0.39 is 0 Å². The average molecular weight is 262 g/mol. The number of hydrogen-bond acceptors (Lipinski definition) is 2. The smallest absolute Gasteiger partial charge is 0.0469 e. The van der Waals surface area contributed by atoms with Gasteiger partial charge in [0.1, 0.15) is 0 Å². The Morgan fingerprint density at radius 3 is 2.62 bits per heavy atom. The molecule has 4 heteroatoms. The van der Waals surface area contributed by atoms with Crippen molar-refractivity contribution in [1.82, 2.24) is 0 Å². The zero-order valence-electron chi connectivity index (χ0n) is 9.06. The largest absolute Gasteiger partial charge is 0.381 e. The third-order valence-electron chi connectivity index (χ3n) is 3.01. The van der Waals surface area contributed by atoms with Crippen LogP contribution in [0.2, 0.25) is 5.02 Å². The SMILES string of the molecule is Cl.N[C@@H](c1cccc(Cl)c1)C1CCOCC1. The zero-order chi connectivity index (χ0) is 10.7. The van der Waals surface area contributed by atoms with E-state index in [2.05, 4.69) is 0 Å². The fraction of sp³-hybridized carbons (Fsp3) is 0.500. The van der Waals surface area contributed by atoms with Crippen molar-refractivity contribution < 1.29 is 4.74 Å². The Kier molecular flexibility index (Phi) is 5.56. The molecule has 0 amide bonds. The van der Waals surface area contributed by atoms with Gasteiger partial charge in [-0.2, -0.15) is 0 Å². The molecule has 1 saturated heterocycles. The van der Waals surface area contributed by atoms with Crippen LogP contribution >= 0.6 is 24.0 Å². The topological polar surface area (TPSA) is 35.2 Å². The van der Waals surface area contributed by atoms with Gasteiger partial charge in [-0.1, -0.05) is 23.7 Å². The molecule has 0 radical (unpaired) electrons. The van der Waals surface area contributed by atoms with E-state index in [9.17, 15) is 0 Å². The van der Waals surface area contributed by atoms with Crippen molar-refractivity contribution in [3.63, 3.8) is 0 Å². The maximum Gasteiger partial charge on any atom is 0.0469 e. The Morgan fingerprint density at radius 1 is 1.31 bits per heavy atom. The molecule has 2 nitrogen and oxygen atoms in total. The van der Waals surface area contributed by atoms with Gasteiger partial charge in [-0.05, 0) is 36.5 Å². The van der Waals surface area contributed by atoms with E-state index in [4.69, 9.17) is 22.1 Å². The first kappa shape index (κ1) is 13.8.